The van der Waals surface area contributed by atoms with Crippen LogP contribution in [-0.4, -0.2) is 0 Å². The van der Waals surface area contributed by atoms with Crippen LogP contribution in [0, 0.1) is 41.5 Å². The Bertz CT molecular complexity index is 3060. The third-order valence-electron chi connectivity index (χ3n) is 13.0. The Kier molecular flexibility index (Phi) is 10.7. The van der Waals surface area contributed by atoms with Gasteiger partial charge in [-0.15, -0.1) is 0 Å². The van der Waals surface area contributed by atoms with Crippen molar-refractivity contribution >= 4 is 55.7 Å². The van der Waals surface area contributed by atoms with Crippen molar-refractivity contribution in [2.45, 2.75) is 41.5 Å². The summed E-state index contributed by atoms with van der Waals surface area (Å²) in [5.74, 6) is 0. The number of aryl methyl sites for hydroxylation is 6. The van der Waals surface area contributed by atoms with Crippen LogP contribution in [0.15, 0.2) is 206 Å². The van der Waals surface area contributed by atoms with E-state index in [-0.39, 0.29) is 0 Å². The molecule has 0 aliphatic carbocycles. The van der Waals surface area contributed by atoms with Gasteiger partial charge in [0.1, 0.15) is 0 Å². The van der Waals surface area contributed by atoms with Crippen LogP contribution in [0.25, 0.3) is 54.9 Å². The predicted octanol–water partition coefficient (Wildman–Crippen LogP) is 17.8. The standard InChI is InChI=1S/C62H52N2/c1-41-15-11-16-42(2)61(41)63(53-33-27-49(28-34-53)57-25-13-21-47-19-7-9-23-55(47)57)59-37-31-51(39-45(59)5)52-32-38-60(46(6)40-52)64(62-43(3)17-12-18-44(62)4)54-35-29-50(30-36-54)58-26-14-22-48-20-8-10-24-56(48)58/h7-40H,1-6H3. The van der Waals surface area contributed by atoms with Crippen molar-refractivity contribution in [2.24, 2.45) is 0 Å². The van der Waals surface area contributed by atoms with Gasteiger partial charge in [0.2, 0.25) is 0 Å². The maximum Gasteiger partial charge on any atom is 0.0520 e. The van der Waals surface area contributed by atoms with Crippen LogP contribution in [0.1, 0.15) is 33.4 Å². The minimum absolute atomic E-state index is 1.13. The fourth-order valence-corrected chi connectivity index (χ4v) is 9.80. The molecule has 0 heterocycles. The Morgan fingerprint density at radius 1 is 0.266 bits per heavy atom. The highest BCUT2D eigenvalue weighted by Crippen LogP contribution is 2.45. The Morgan fingerprint density at radius 2 is 0.594 bits per heavy atom. The average molecular weight is 825 g/mol. The molecule has 0 bridgehead atoms. The second-order valence-electron chi connectivity index (χ2n) is 17.3. The molecule has 0 saturated carbocycles. The van der Waals surface area contributed by atoms with Crippen molar-refractivity contribution in [3.63, 3.8) is 0 Å². The predicted molar refractivity (Wildman–Crippen MR) is 276 cm³/mol. The smallest absolute Gasteiger partial charge is 0.0520 e. The number of nitrogens with zero attached hydrogens (tertiary/aromatic N) is 2. The molecule has 0 fully saturated rings. The van der Waals surface area contributed by atoms with Crippen LogP contribution in [0.4, 0.5) is 34.1 Å². The van der Waals surface area contributed by atoms with E-state index in [2.05, 4.69) is 258 Å². The van der Waals surface area contributed by atoms with Crippen molar-refractivity contribution in [3.8, 4) is 33.4 Å². The molecule has 0 saturated heterocycles. The Morgan fingerprint density at radius 3 is 0.969 bits per heavy atom. The first-order valence-corrected chi connectivity index (χ1v) is 22.3. The van der Waals surface area contributed by atoms with Crippen molar-refractivity contribution < 1.29 is 0 Å². The second kappa shape index (κ2) is 16.9. The quantitative estimate of drug-likeness (QED) is 0.143. The third kappa shape index (κ3) is 7.41. The molecule has 0 aromatic heterocycles. The first kappa shape index (κ1) is 40.4. The maximum absolute atomic E-state index is 2.44. The molecule has 310 valence electrons. The number of rotatable bonds is 9. The van der Waals surface area contributed by atoms with Gasteiger partial charge in [0.25, 0.3) is 0 Å². The summed E-state index contributed by atoms with van der Waals surface area (Å²) < 4.78 is 0. The highest BCUT2D eigenvalue weighted by molar-refractivity contribution is 5.98. The molecule has 0 unspecified atom stereocenters. The fraction of sp³-hybridized carbons (Fsp3) is 0.0968. The van der Waals surface area contributed by atoms with E-state index in [4.69, 9.17) is 0 Å². The van der Waals surface area contributed by atoms with Gasteiger partial charge >= 0.3 is 0 Å². The molecule has 0 aliphatic rings. The summed E-state index contributed by atoms with van der Waals surface area (Å²) in [6, 6.07) is 75.7. The van der Waals surface area contributed by atoms with Crippen LogP contribution in [-0.2, 0) is 0 Å². The van der Waals surface area contributed by atoms with E-state index in [0.717, 1.165) is 11.4 Å². The highest BCUT2D eigenvalue weighted by Gasteiger charge is 2.22. The Balaban J connectivity index is 1.01. The molecule has 0 aliphatic heterocycles. The Hall–Kier alpha value is -7.68. The van der Waals surface area contributed by atoms with Crippen LogP contribution in [0.5, 0.6) is 0 Å². The molecule has 10 aromatic rings. The molecular weight excluding hydrogens is 773 g/mol. The van der Waals surface area contributed by atoms with Gasteiger partial charge in [-0.05, 0) is 178 Å². The molecule has 0 atom stereocenters. The molecule has 10 rings (SSSR count). The monoisotopic (exact) mass is 824 g/mol. The van der Waals surface area contributed by atoms with Crippen molar-refractivity contribution in [1.82, 2.24) is 0 Å². The van der Waals surface area contributed by atoms with Crippen LogP contribution >= 0.6 is 0 Å². The second-order valence-corrected chi connectivity index (χ2v) is 17.3. The number of fused-ring (bicyclic) bond motifs is 2. The number of hydrogen-bond donors (Lipinski definition) is 0. The molecule has 10 aromatic carbocycles. The van der Waals surface area contributed by atoms with Gasteiger partial charge in [0.05, 0.1) is 11.4 Å². The van der Waals surface area contributed by atoms with E-state index in [9.17, 15) is 0 Å². The van der Waals surface area contributed by atoms with E-state index < -0.39 is 0 Å². The average Bonchev–Trinajstić information content (AvgIpc) is 3.32. The lowest BCUT2D eigenvalue weighted by molar-refractivity contribution is 1.20. The lowest BCUT2D eigenvalue weighted by atomic mass is 9.96. The summed E-state index contributed by atoms with van der Waals surface area (Å²) in [6.45, 7) is 13.4. The van der Waals surface area contributed by atoms with E-state index in [0.29, 0.717) is 0 Å². The zero-order valence-electron chi connectivity index (χ0n) is 37.5. The summed E-state index contributed by atoms with van der Waals surface area (Å²) >= 11 is 0. The van der Waals surface area contributed by atoms with Gasteiger partial charge < -0.3 is 9.80 Å². The first-order chi connectivity index (χ1) is 31.2. The van der Waals surface area contributed by atoms with E-state index in [1.54, 1.807) is 0 Å². The fourth-order valence-electron chi connectivity index (χ4n) is 9.80. The molecule has 64 heavy (non-hydrogen) atoms. The van der Waals surface area contributed by atoms with Crippen molar-refractivity contribution in [2.75, 3.05) is 9.80 Å². The van der Waals surface area contributed by atoms with Crippen molar-refractivity contribution in [3.05, 3.63) is 240 Å². The minimum atomic E-state index is 1.13. The topological polar surface area (TPSA) is 6.48 Å². The highest BCUT2D eigenvalue weighted by atomic mass is 15.2. The van der Waals surface area contributed by atoms with Gasteiger partial charge in [-0.25, -0.2) is 0 Å². The van der Waals surface area contributed by atoms with Crippen molar-refractivity contribution in [1.29, 1.82) is 0 Å². The van der Waals surface area contributed by atoms with E-state index >= 15 is 0 Å². The van der Waals surface area contributed by atoms with Gasteiger partial charge in [0, 0.05) is 22.7 Å². The molecule has 2 nitrogen and oxygen atoms in total. The lowest BCUT2D eigenvalue weighted by Crippen LogP contribution is -2.14. The van der Waals surface area contributed by atoms with Crippen LogP contribution in [0.3, 0.4) is 0 Å². The minimum Gasteiger partial charge on any atom is -0.310 e. The number of anilines is 6. The Labute approximate surface area is 378 Å². The summed E-state index contributed by atoms with van der Waals surface area (Å²) in [7, 11) is 0. The summed E-state index contributed by atoms with van der Waals surface area (Å²) in [5.41, 5.74) is 21.7. The number of para-hydroxylation sites is 2. The zero-order valence-corrected chi connectivity index (χ0v) is 37.5. The van der Waals surface area contributed by atoms with Gasteiger partial charge in [-0.1, -0.05) is 158 Å². The molecule has 2 heteroatoms. The van der Waals surface area contributed by atoms with Crippen LogP contribution in [0.2, 0.25) is 0 Å². The molecule has 0 radical (unpaired) electrons. The maximum atomic E-state index is 2.44. The van der Waals surface area contributed by atoms with Gasteiger partial charge in [0.15, 0.2) is 0 Å². The van der Waals surface area contributed by atoms with Crippen LogP contribution < -0.4 is 9.80 Å². The first-order valence-electron chi connectivity index (χ1n) is 22.3. The molecule has 0 N–H and O–H groups in total. The molecule has 0 amide bonds. The van der Waals surface area contributed by atoms with E-state index in [1.807, 2.05) is 0 Å². The van der Waals surface area contributed by atoms with Gasteiger partial charge in [-0.3, -0.25) is 0 Å². The summed E-state index contributed by atoms with van der Waals surface area (Å²) in [5, 5.41) is 5.04. The molecular formula is C62H52N2. The molecule has 0 spiro atoms. The SMILES string of the molecule is Cc1cc(-c2ccc(N(c3ccc(-c4cccc5ccccc45)cc3)c3c(C)cccc3C)c(C)c2)ccc1N(c1ccc(-c2cccc3ccccc23)cc1)c1c(C)cccc1C. The largest absolute Gasteiger partial charge is 0.310 e. The summed E-state index contributed by atoms with van der Waals surface area (Å²) in [4.78, 5) is 4.89. The zero-order chi connectivity index (χ0) is 43.9. The number of hydrogen-bond acceptors (Lipinski definition) is 2. The van der Waals surface area contributed by atoms with Gasteiger partial charge in [-0.2, -0.15) is 0 Å². The lowest BCUT2D eigenvalue weighted by Gasteiger charge is -2.31. The summed E-state index contributed by atoms with van der Waals surface area (Å²) in [6.07, 6.45) is 0. The normalized spacial score (nSPS) is 11.3. The van der Waals surface area contributed by atoms with E-state index in [1.165, 1.54) is 111 Å². The third-order valence-corrected chi connectivity index (χ3v) is 13.0. The number of benzene rings is 10.